The second-order valence-corrected chi connectivity index (χ2v) is 8.35. The summed E-state index contributed by atoms with van der Waals surface area (Å²) in [4.78, 5) is 7.98. The summed E-state index contributed by atoms with van der Waals surface area (Å²) in [5.41, 5.74) is 6.63. The first-order chi connectivity index (χ1) is 15.7. The SMILES string of the molecule is C=C(N)/N=C\N(C)C.C=CCC.CCCN1CCC1.CNC1CCc2cc(F)cc(F)c2C1. The van der Waals surface area contributed by atoms with E-state index in [2.05, 4.69) is 42.2 Å². The molecule has 0 radical (unpaired) electrons. The van der Waals surface area contributed by atoms with E-state index in [0.717, 1.165) is 30.9 Å². The average molecular weight is 466 g/mol. The van der Waals surface area contributed by atoms with E-state index in [-0.39, 0.29) is 0 Å². The van der Waals surface area contributed by atoms with Crippen molar-refractivity contribution in [3.8, 4) is 0 Å². The molecular weight excluding hydrogens is 420 g/mol. The Kier molecular flexibility index (Phi) is 17.0. The molecular formula is C26H45F2N5. The van der Waals surface area contributed by atoms with Crippen molar-refractivity contribution in [2.24, 2.45) is 10.7 Å². The molecule has 5 nitrogen and oxygen atoms in total. The van der Waals surface area contributed by atoms with Gasteiger partial charge in [0.15, 0.2) is 0 Å². The van der Waals surface area contributed by atoms with Crippen molar-refractivity contribution in [1.29, 1.82) is 0 Å². The van der Waals surface area contributed by atoms with Crippen LogP contribution in [0.2, 0.25) is 0 Å². The van der Waals surface area contributed by atoms with Gasteiger partial charge in [-0.25, -0.2) is 13.8 Å². The Balaban J connectivity index is 0.000000461. The minimum Gasteiger partial charge on any atom is -0.384 e. The molecule has 3 N–H and O–H groups in total. The van der Waals surface area contributed by atoms with Gasteiger partial charge < -0.3 is 20.9 Å². The molecule has 3 rings (SSSR count). The van der Waals surface area contributed by atoms with Crippen LogP contribution in [0.5, 0.6) is 0 Å². The number of fused-ring (bicyclic) bond motifs is 1. The average Bonchev–Trinajstić information content (AvgIpc) is 2.75. The van der Waals surface area contributed by atoms with Crippen LogP contribution in [0.4, 0.5) is 8.78 Å². The Morgan fingerprint density at radius 1 is 1.30 bits per heavy atom. The fraction of sp³-hybridized carbons (Fsp3) is 0.577. The second-order valence-electron chi connectivity index (χ2n) is 8.35. The fourth-order valence-electron chi connectivity index (χ4n) is 3.14. The molecule has 1 saturated heterocycles. The summed E-state index contributed by atoms with van der Waals surface area (Å²) in [7, 11) is 5.61. The standard InChI is InChI=1S/C11H13F2N.C6H13N.C5H11N3.C4H8/c1-14-9-3-2-7-4-8(12)5-11(13)10(7)6-9;1-2-4-7-5-3-6-7;1-5(6)7-4-8(2)3;1-3-4-2/h4-5,9,14H,2-3,6H2,1H3;2-6H2,1H3;4H,1,6H2,2-3H3;3H,1,4H2,2H3/b;;7-4-;. The number of halogens is 2. The minimum atomic E-state index is -0.468. The molecule has 2 aliphatic rings. The second kappa shape index (κ2) is 18.2. The summed E-state index contributed by atoms with van der Waals surface area (Å²) in [6, 6.07) is 2.74. The van der Waals surface area contributed by atoms with Crippen LogP contribution in [-0.4, -0.2) is 63.0 Å². The van der Waals surface area contributed by atoms with Crippen molar-refractivity contribution in [2.75, 3.05) is 40.8 Å². The zero-order chi connectivity index (χ0) is 25.2. The molecule has 0 spiro atoms. The van der Waals surface area contributed by atoms with Crippen LogP contribution < -0.4 is 11.1 Å². The van der Waals surface area contributed by atoms with Crippen molar-refractivity contribution in [3.05, 3.63) is 59.9 Å². The van der Waals surface area contributed by atoms with E-state index in [9.17, 15) is 8.78 Å². The smallest absolute Gasteiger partial charge is 0.129 e. The summed E-state index contributed by atoms with van der Waals surface area (Å²) in [5, 5.41) is 3.13. The number of likely N-dealkylation sites (tertiary alicyclic amines) is 1. The molecule has 33 heavy (non-hydrogen) atoms. The van der Waals surface area contributed by atoms with Gasteiger partial charge in [0.25, 0.3) is 0 Å². The third kappa shape index (κ3) is 14.5. The van der Waals surface area contributed by atoms with E-state index in [1.807, 2.05) is 27.2 Å². The van der Waals surface area contributed by atoms with Gasteiger partial charge in [-0.3, -0.25) is 0 Å². The summed E-state index contributed by atoms with van der Waals surface area (Å²) in [6.45, 7) is 15.2. The van der Waals surface area contributed by atoms with Crippen LogP contribution in [0.15, 0.2) is 42.2 Å². The lowest BCUT2D eigenvalue weighted by Gasteiger charge is -2.29. The first kappa shape index (κ1) is 30.8. The Bertz CT molecular complexity index is 715. The Hall–Kier alpha value is -2.25. The number of nitrogens with two attached hydrogens (primary N) is 1. The molecule has 0 saturated carbocycles. The van der Waals surface area contributed by atoms with Crippen molar-refractivity contribution in [2.45, 2.75) is 58.4 Å². The number of aryl methyl sites for hydroxylation is 1. The minimum absolute atomic E-state index is 0.322. The maximum Gasteiger partial charge on any atom is 0.129 e. The van der Waals surface area contributed by atoms with E-state index in [1.165, 1.54) is 38.5 Å². The molecule has 1 aliphatic carbocycles. The number of allylic oxidation sites excluding steroid dienone is 1. The molecule has 1 aliphatic heterocycles. The van der Waals surface area contributed by atoms with Crippen molar-refractivity contribution >= 4 is 6.34 Å². The maximum atomic E-state index is 13.4. The van der Waals surface area contributed by atoms with E-state index >= 15 is 0 Å². The first-order valence-electron chi connectivity index (χ1n) is 11.8. The van der Waals surface area contributed by atoms with Gasteiger partial charge in [0.2, 0.25) is 0 Å². The van der Waals surface area contributed by atoms with Crippen molar-refractivity contribution < 1.29 is 8.78 Å². The zero-order valence-electron chi connectivity index (χ0n) is 21.3. The summed E-state index contributed by atoms with van der Waals surface area (Å²) in [5.74, 6) is -0.539. The normalized spacial score (nSPS) is 16.5. The highest BCUT2D eigenvalue weighted by Gasteiger charge is 2.20. The largest absolute Gasteiger partial charge is 0.384 e. The molecule has 0 aromatic heterocycles. The van der Waals surface area contributed by atoms with E-state index in [0.29, 0.717) is 23.8 Å². The van der Waals surface area contributed by atoms with Gasteiger partial charge >= 0.3 is 0 Å². The number of hydrogen-bond donors (Lipinski definition) is 2. The molecule has 7 heteroatoms. The molecule has 1 aromatic rings. The number of likely N-dealkylation sites (N-methyl/N-ethyl adjacent to an activating group) is 1. The number of benzene rings is 1. The molecule has 1 aromatic carbocycles. The third-order valence-electron chi connectivity index (χ3n) is 5.11. The van der Waals surface area contributed by atoms with Crippen LogP contribution in [0, 0.1) is 11.6 Å². The molecule has 1 heterocycles. The highest BCUT2D eigenvalue weighted by atomic mass is 19.1. The summed E-state index contributed by atoms with van der Waals surface area (Å²) >= 11 is 0. The van der Waals surface area contributed by atoms with Gasteiger partial charge in [0, 0.05) is 26.2 Å². The zero-order valence-corrected chi connectivity index (χ0v) is 21.3. The van der Waals surface area contributed by atoms with Gasteiger partial charge in [-0.15, -0.1) is 6.58 Å². The maximum absolute atomic E-state index is 13.4. The van der Waals surface area contributed by atoms with Crippen LogP contribution in [0.25, 0.3) is 0 Å². The molecule has 0 bridgehead atoms. The van der Waals surface area contributed by atoms with Gasteiger partial charge in [-0.05, 0) is 82.4 Å². The van der Waals surface area contributed by atoms with Gasteiger partial charge in [-0.1, -0.05) is 26.5 Å². The van der Waals surface area contributed by atoms with Crippen LogP contribution >= 0.6 is 0 Å². The highest BCUT2D eigenvalue weighted by Crippen LogP contribution is 2.24. The predicted molar refractivity (Wildman–Crippen MR) is 139 cm³/mol. The molecule has 1 fully saturated rings. The van der Waals surface area contributed by atoms with E-state index in [4.69, 9.17) is 5.73 Å². The number of nitrogens with one attached hydrogen (secondary N) is 1. The Morgan fingerprint density at radius 2 is 1.94 bits per heavy atom. The molecule has 1 unspecified atom stereocenters. The summed E-state index contributed by atoms with van der Waals surface area (Å²) < 4.78 is 26.3. The molecule has 188 valence electrons. The number of hydrogen-bond acceptors (Lipinski definition) is 4. The lowest BCUT2D eigenvalue weighted by atomic mass is 9.88. The Labute approximate surface area is 200 Å². The predicted octanol–water partition coefficient (Wildman–Crippen LogP) is 4.73. The van der Waals surface area contributed by atoms with Crippen molar-refractivity contribution in [1.82, 2.24) is 15.1 Å². The topological polar surface area (TPSA) is 56.9 Å². The van der Waals surface area contributed by atoms with Crippen LogP contribution in [0.1, 0.15) is 50.7 Å². The summed E-state index contributed by atoms with van der Waals surface area (Å²) in [6.07, 6.45) is 9.68. The Morgan fingerprint density at radius 3 is 2.30 bits per heavy atom. The first-order valence-corrected chi connectivity index (χ1v) is 11.8. The molecule has 1 atom stereocenters. The van der Waals surface area contributed by atoms with E-state index in [1.54, 1.807) is 11.2 Å². The quantitative estimate of drug-likeness (QED) is 0.362. The van der Waals surface area contributed by atoms with Gasteiger partial charge in [0.05, 0.1) is 6.34 Å². The van der Waals surface area contributed by atoms with Crippen LogP contribution in [0.3, 0.4) is 0 Å². The number of nitrogens with zero attached hydrogens (tertiary/aromatic N) is 3. The van der Waals surface area contributed by atoms with Crippen LogP contribution in [-0.2, 0) is 12.8 Å². The van der Waals surface area contributed by atoms with E-state index < -0.39 is 11.6 Å². The van der Waals surface area contributed by atoms with Gasteiger partial charge in [-0.2, -0.15) is 0 Å². The monoisotopic (exact) mass is 465 g/mol. The number of aliphatic imine (C=N–C) groups is 1. The van der Waals surface area contributed by atoms with Crippen molar-refractivity contribution in [3.63, 3.8) is 0 Å². The lowest BCUT2D eigenvalue weighted by Crippen LogP contribution is -2.37. The van der Waals surface area contributed by atoms with Gasteiger partial charge in [0.1, 0.15) is 17.5 Å². The fourth-order valence-corrected chi connectivity index (χ4v) is 3.14. The number of rotatable bonds is 6. The molecule has 0 amide bonds. The highest BCUT2D eigenvalue weighted by molar-refractivity contribution is 5.55. The third-order valence-corrected chi connectivity index (χ3v) is 5.11. The lowest BCUT2D eigenvalue weighted by molar-refractivity contribution is 0.182.